The van der Waals surface area contributed by atoms with Crippen LogP contribution in [0.15, 0.2) is 18.2 Å². The standard InChI is InChI=1S/C13H16ClN3O/c1-16-8-12-9-17(4-5-18-12)11-3-2-10(7-15)13(14)6-11/h2-3,6,12,16H,4-5,8-9H2,1H3. The van der Waals surface area contributed by atoms with Gasteiger partial charge in [-0.3, -0.25) is 0 Å². The summed E-state index contributed by atoms with van der Waals surface area (Å²) in [7, 11) is 1.92. The van der Waals surface area contributed by atoms with Gasteiger partial charge < -0.3 is 15.0 Å². The van der Waals surface area contributed by atoms with Gasteiger partial charge >= 0.3 is 0 Å². The van der Waals surface area contributed by atoms with E-state index in [0.29, 0.717) is 17.2 Å². The Morgan fingerprint density at radius 1 is 1.61 bits per heavy atom. The van der Waals surface area contributed by atoms with Crippen molar-refractivity contribution in [3.05, 3.63) is 28.8 Å². The van der Waals surface area contributed by atoms with Crippen molar-refractivity contribution in [2.24, 2.45) is 0 Å². The molecule has 0 bridgehead atoms. The molecule has 18 heavy (non-hydrogen) atoms. The van der Waals surface area contributed by atoms with Gasteiger partial charge in [0.25, 0.3) is 0 Å². The second-order valence-electron chi connectivity index (χ2n) is 4.27. The van der Waals surface area contributed by atoms with Crippen molar-refractivity contribution < 1.29 is 4.74 Å². The molecule has 2 rings (SSSR count). The Morgan fingerprint density at radius 2 is 2.44 bits per heavy atom. The van der Waals surface area contributed by atoms with Gasteiger partial charge in [0.1, 0.15) is 6.07 Å². The molecule has 1 aromatic rings. The highest BCUT2D eigenvalue weighted by atomic mass is 35.5. The Bertz CT molecular complexity index is 456. The van der Waals surface area contributed by atoms with Crippen molar-refractivity contribution in [3.8, 4) is 6.07 Å². The highest BCUT2D eigenvalue weighted by molar-refractivity contribution is 6.32. The van der Waals surface area contributed by atoms with Gasteiger partial charge in [-0.1, -0.05) is 11.6 Å². The topological polar surface area (TPSA) is 48.3 Å². The van der Waals surface area contributed by atoms with Crippen LogP contribution < -0.4 is 10.2 Å². The predicted octanol–water partition coefficient (Wildman–Crippen LogP) is 1.64. The second kappa shape index (κ2) is 6.05. The van der Waals surface area contributed by atoms with Crippen molar-refractivity contribution in [1.29, 1.82) is 5.26 Å². The van der Waals surface area contributed by atoms with Crippen molar-refractivity contribution in [3.63, 3.8) is 0 Å². The fourth-order valence-electron chi connectivity index (χ4n) is 2.10. The van der Waals surface area contributed by atoms with Gasteiger partial charge in [-0.25, -0.2) is 0 Å². The van der Waals surface area contributed by atoms with E-state index in [1.54, 1.807) is 6.07 Å². The summed E-state index contributed by atoms with van der Waals surface area (Å²) in [6, 6.07) is 7.62. The van der Waals surface area contributed by atoms with Crippen LogP contribution in [0, 0.1) is 11.3 Å². The van der Waals surface area contributed by atoms with Gasteiger partial charge in [-0.2, -0.15) is 5.26 Å². The first kappa shape index (κ1) is 13.2. The molecular weight excluding hydrogens is 250 g/mol. The van der Waals surface area contributed by atoms with Crippen LogP contribution in [0.2, 0.25) is 5.02 Å². The third-order valence-corrected chi connectivity index (χ3v) is 3.32. The van der Waals surface area contributed by atoms with Gasteiger partial charge in [-0.05, 0) is 25.2 Å². The summed E-state index contributed by atoms with van der Waals surface area (Å²) in [5.41, 5.74) is 1.56. The van der Waals surface area contributed by atoms with E-state index in [4.69, 9.17) is 21.6 Å². The molecule has 0 radical (unpaired) electrons. The number of likely N-dealkylation sites (N-methyl/N-ethyl adjacent to an activating group) is 1. The number of hydrogen-bond donors (Lipinski definition) is 1. The number of nitrogens with zero attached hydrogens (tertiary/aromatic N) is 2. The number of morpholine rings is 1. The highest BCUT2D eigenvalue weighted by Crippen LogP contribution is 2.24. The van der Waals surface area contributed by atoms with Crippen LogP contribution in [0.4, 0.5) is 5.69 Å². The summed E-state index contributed by atoms with van der Waals surface area (Å²) < 4.78 is 5.66. The van der Waals surface area contributed by atoms with Crippen molar-refractivity contribution >= 4 is 17.3 Å². The Kier molecular flexibility index (Phi) is 4.43. The van der Waals surface area contributed by atoms with Crippen LogP contribution in [-0.2, 0) is 4.74 Å². The van der Waals surface area contributed by atoms with Crippen molar-refractivity contribution in [2.45, 2.75) is 6.10 Å². The van der Waals surface area contributed by atoms with E-state index in [-0.39, 0.29) is 6.10 Å². The zero-order valence-corrected chi connectivity index (χ0v) is 11.1. The van der Waals surface area contributed by atoms with Gasteiger partial charge in [0.05, 0.1) is 23.3 Å². The Hall–Kier alpha value is -1.28. The van der Waals surface area contributed by atoms with Crippen LogP contribution >= 0.6 is 11.6 Å². The largest absolute Gasteiger partial charge is 0.373 e. The summed E-state index contributed by atoms with van der Waals surface area (Å²) in [5.74, 6) is 0. The molecule has 1 heterocycles. The van der Waals surface area contributed by atoms with Gasteiger partial charge in [0.2, 0.25) is 0 Å². The molecule has 0 aromatic heterocycles. The minimum absolute atomic E-state index is 0.193. The molecule has 1 aliphatic rings. The molecule has 1 atom stereocenters. The highest BCUT2D eigenvalue weighted by Gasteiger charge is 2.20. The summed E-state index contributed by atoms with van der Waals surface area (Å²) in [6.45, 7) is 3.23. The Morgan fingerprint density at radius 3 is 3.11 bits per heavy atom. The molecule has 4 nitrogen and oxygen atoms in total. The maximum absolute atomic E-state index is 8.86. The molecule has 96 valence electrons. The van der Waals surface area contributed by atoms with E-state index in [0.717, 1.165) is 25.3 Å². The molecule has 1 unspecified atom stereocenters. The lowest BCUT2D eigenvalue weighted by Gasteiger charge is -2.34. The fourth-order valence-corrected chi connectivity index (χ4v) is 2.31. The van der Waals surface area contributed by atoms with Crippen LogP contribution in [0.1, 0.15) is 5.56 Å². The lowest BCUT2D eigenvalue weighted by atomic mass is 10.2. The number of halogens is 1. The summed E-state index contributed by atoms with van der Waals surface area (Å²) in [5, 5.41) is 12.5. The number of ether oxygens (including phenoxy) is 1. The second-order valence-corrected chi connectivity index (χ2v) is 4.68. The zero-order valence-electron chi connectivity index (χ0n) is 10.3. The molecule has 1 aliphatic heterocycles. The van der Waals surface area contributed by atoms with Crippen molar-refractivity contribution in [2.75, 3.05) is 38.2 Å². The van der Waals surface area contributed by atoms with Crippen LogP contribution in [-0.4, -0.2) is 39.4 Å². The molecule has 1 N–H and O–H groups in total. The molecular formula is C13H16ClN3O. The Labute approximate surface area is 112 Å². The molecule has 1 fully saturated rings. The molecule has 0 amide bonds. The maximum Gasteiger partial charge on any atom is 0.101 e. The summed E-state index contributed by atoms with van der Waals surface area (Å²) in [6.07, 6.45) is 0.193. The van der Waals surface area contributed by atoms with Gasteiger partial charge in [0, 0.05) is 25.3 Å². The third kappa shape index (κ3) is 2.94. The number of nitriles is 1. The molecule has 1 saturated heterocycles. The first-order valence-electron chi connectivity index (χ1n) is 5.95. The predicted molar refractivity (Wildman–Crippen MR) is 72.0 cm³/mol. The van der Waals surface area contributed by atoms with Crippen molar-refractivity contribution in [1.82, 2.24) is 5.32 Å². The molecule has 0 spiro atoms. The fraction of sp³-hybridized carbons (Fsp3) is 0.462. The third-order valence-electron chi connectivity index (χ3n) is 3.01. The van der Waals surface area contributed by atoms with Crippen LogP contribution in [0.25, 0.3) is 0 Å². The van der Waals surface area contributed by atoms with Gasteiger partial charge in [-0.15, -0.1) is 0 Å². The number of hydrogen-bond acceptors (Lipinski definition) is 4. The van der Waals surface area contributed by atoms with Crippen LogP contribution in [0.3, 0.4) is 0 Å². The van der Waals surface area contributed by atoms with E-state index in [1.807, 2.05) is 19.2 Å². The molecule has 0 saturated carbocycles. The molecule has 1 aromatic carbocycles. The number of anilines is 1. The van der Waals surface area contributed by atoms with E-state index < -0.39 is 0 Å². The average Bonchev–Trinajstić information content (AvgIpc) is 2.39. The van der Waals surface area contributed by atoms with E-state index in [1.165, 1.54) is 0 Å². The number of nitrogens with one attached hydrogen (secondary N) is 1. The molecule has 0 aliphatic carbocycles. The first-order valence-corrected chi connectivity index (χ1v) is 6.33. The summed E-state index contributed by atoms with van der Waals surface area (Å²) in [4.78, 5) is 2.23. The minimum Gasteiger partial charge on any atom is -0.373 e. The normalized spacial score (nSPS) is 19.6. The summed E-state index contributed by atoms with van der Waals surface area (Å²) >= 11 is 6.05. The minimum atomic E-state index is 0.193. The maximum atomic E-state index is 8.86. The van der Waals surface area contributed by atoms with E-state index >= 15 is 0 Å². The Balaban J connectivity index is 2.11. The smallest absolute Gasteiger partial charge is 0.101 e. The molecule has 5 heteroatoms. The lowest BCUT2D eigenvalue weighted by molar-refractivity contribution is 0.0422. The van der Waals surface area contributed by atoms with Crippen LogP contribution in [0.5, 0.6) is 0 Å². The number of benzene rings is 1. The number of rotatable bonds is 3. The average molecular weight is 266 g/mol. The first-order chi connectivity index (χ1) is 8.74. The lowest BCUT2D eigenvalue weighted by Crippen LogP contribution is -2.46. The van der Waals surface area contributed by atoms with E-state index in [9.17, 15) is 0 Å². The quantitative estimate of drug-likeness (QED) is 0.903. The SMILES string of the molecule is CNCC1CN(c2ccc(C#N)c(Cl)c2)CCO1. The monoisotopic (exact) mass is 265 g/mol. The van der Waals surface area contributed by atoms with E-state index in [2.05, 4.69) is 16.3 Å². The van der Waals surface area contributed by atoms with Gasteiger partial charge in [0.15, 0.2) is 0 Å². The zero-order chi connectivity index (χ0) is 13.0.